The zero-order chi connectivity index (χ0) is 7.78. The summed E-state index contributed by atoms with van der Waals surface area (Å²) in [6.45, 7) is 0. The van der Waals surface area contributed by atoms with Crippen molar-refractivity contribution in [2.45, 2.75) is 25.7 Å². The van der Waals surface area contributed by atoms with E-state index in [0.717, 1.165) is 12.8 Å². The van der Waals surface area contributed by atoms with E-state index in [1.807, 2.05) is 0 Å². The van der Waals surface area contributed by atoms with Crippen LogP contribution in [0.3, 0.4) is 0 Å². The van der Waals surface area contributed by atoms with Crippen LogP contribution in [0.1, 0.15) is 25.7 Å². The third-order valence-corrected chi connectivity index (χ3v) is 1.66. The zero-order valence-electron chi connectivity index (χ0n) is 6.87. The standard InChI is InChI=1S/C11H15/c1-2-4-6-8-10-11-9-7-5-3-1/h1-4,9-11H,5-8H2. The monoisotopic (exact) mass is 147 g/mol. The summed E-state index contributed by atoms with van der Waals surface area (Å²) in [6, 6.07) is 0. The Morgan fingerprint density at radius 3 is 1.82 bits per heavy atom. The predicted molar refractivity (Wildman–Crippen MR) is 50.2 cm³/mol. The van der Waals surface area contributed by atoms with E-state index in [1.54, 1.807) is 0 Å². The van der Waals surface area contributed by atoms with Crippen LogP contribution in [0, 0.1) is 6.42 Å². The third kappa shape index (κ3) is 4.60. The fourth-order valence-corrected chi connectivity index (χ4v) is 1.02. The van der Waals surface area contributed by atoms with Crippen LogP contribution in [0.25, 0.3) is 0 Å². The molecule has 0 amide bonds. The average molecular weight is 147 g/mol. The van der Waals surface area contributed by atoms with Gasteiger partial charge in [-0.05, 0) is 32.1 Å². The first-order valence-electron chi connectivity index (χ1n) is 4.30. The van der Waals surface area contributed by atoms with Crippen LogP contribution in [0.4, 0.5) is 0 Å². The molecule has 0 saturated carbocycles. The lowest BCUT2D eigenvalue weighted by Gasteiger charge is -1.87. The van der Waals surface area contributed by atoms with E-state index in [0.29, 0.717) is 0 Å². The quantitative estimate of drug-likeness (QED) is 0.492. The lowest BCUT2D eigenvalue weighted by Crippen LogP contribution is -1.69. The van der Waals surface area contributed by atoms with Crippen molar-refractivity contribution in [3.8, 4) is 0 Å². The summed E-state index contributed by atoms with van der Waals surface area (Å²) in [6.07, 6.45) is 20.0. The van der Waals surface area contributed by atoms with Gasteiger partial charge in [0.05, 0.1) is 0 Å². The van der Waals surface area contributed by atoms with Crippen molar-refractivity contribution in [1.82, 2.24) is 0 Å². The fourth-order valence-electron chi connectivity index (χ4n) is 1.02. The molecule has 0 aromatic carbocycles. The first-order valence-corrected chi connectivity index (χ1v) is 4.30. The van der Waals surface area contributed by atoms with Gasteiger partial charge in [0, 0.05) is 0 Å². The van der Waals surface area contributed by atoms with E-state index in [2.05, 4.69) is 42.9 Å². The van der Waals surface area contributed by atoms with Crippen LogP contribution in [-0.4, -0.2) is 0 Å². The Balaban J connectivity index is 2.34. The van der Waals surface area contributed by atoms with Gasteiger partial charge in [0.1, 0.15) is 0 Å². The van der Waals surface area contributed by atoms with Crippen molar-refractivity contribution in [2.75, 3.05) is 0 Å². The van der Waals surface area contributed by atoms with Gasteiger partial charge in [-0.15, -0.1) is 0 Å². The van der Waals surface area contributed by atoms with E-state index in [-0.39, 0.29) is 0 Å². The van der Waals surface area contributed by atoms with Gasteiger partial charge < -0.3 is 0 Å². The zero-order valence-corrected chi connectivity index (χ0v) is 6.87. The molecule has 0 saturated heterocycles. The van der Waals surface area contributed by atoms with Gasteiger partial charge >= 0.3 is 0 Å². The summed E-state index contributed by atoms with van der Waals surface area (Å²) in [7, 11) is 0. The summed E-state index contributed by atoms with van der Waals surface area (Å²) in [4.78, 5) is 0. The number of allylic oxidation sites excluding steroid dienone is 6. The van der Waals surface area contributed by atoms with Crippen LogP contribution in [0.2, 0.25) is 0 Å². The Kier molecular flexibility index (Phi) is 4.51. The molecular formula is C11H15. The highest BCUT2D eigenvalue weighted by atomic mass is 13.9. The van der Waals surface area contributed by atoms with E-state index in [4.69, 9.17) is 0 Å². The van der Waals surface area contributed by atoms with Crippen molar-refractivity contribution in [3.05, 3.63) is 42.9 Å². The van der Waals surface area contributed by atoms with Crippen molar-refractivity contribution in [3.63, 3.8) is 0 Å². The number of rotatable bonds is 0. The van der Waals surface area contributed by atoms with Gasteiger partial charge in [0.25, 0.3) is 0 Å². The molecule has 11 heavy (non-hydrogen) atoms. The Bertz CT molecular complexity index is 161. The van der Waals surface area contributed by atoms with Crippen molar-refractivity contribution >= 4 is 0 Å². The largest absolute Gasteiger partial charge is 0.0879 e. The van der Waals surface area contributed by atoms with Crippen molar-refractivity contribution in [1.29, 1.82) is 0 Å². The molecule has 0 aliphatic heterocycles. The molecule has 1 aliphatic carbocycles. The summed E-state index contributed by atoms with van der Waals surface area (Å²) in [5, 5.41) is 0. The predicted octanol–water partition coefficient (Wildman–Crippen LogP) is 3.43. The van der Waals surface area contributed by atoms with Crippen LogP contribution in [0.5, 0.6) is 0 Å². The molecular weight excluding hydrogens is 132 g/mol. The highest BCUT2D eigenvalue weighted by Crippen LogP contribution is 2.01. The van der Waals surface area contributed by atoms with Crippen molar-refractivity contribution < 1.29 is 0 Å². The second kappa shape index (κ2) is 5.96. The van der Waals surface area contributed by atoms with Gasteiger partial charge in [0.2, 0.25) is 0 Å². The molecule has 0 atom stereocenters. The molecule has 0 N–H and O–H groups in total. The van der Waals surface area contributed by atoms with Gasteiger partial charge in [0.15, 0.2) is 0 Å². The molecule has 0 aromatic rings. The maximum atomic E-state index is 2.23. The molecule has 1 radical (unpaired) electrons. The SMILES string of the molecule is [CH]1C=CCCC=CC=CCC1. The molecule has 1 aliphatic rings. The number of hydrogen-bond donors (Lipinski definition) is 0. The Hall–Kier alpha value is -0.780. The summed E-state index contributed by atoms with van der Waals surface area (Å²) in [5.74, 6) is 0. The molecule has 59 valence electrons. The molecule has 0 fully saturated rings. The minimum absolute atomic E-state index is 1.16. The van der Waals surface area contributed by atoms with E-state index < -0.39 is 0 Å². The molecule has 0 heteroatoms. The lowest BCUT2D eigenvalue weighted by atomic mass is 10.2. The fraction of sp³-hybridized carbons (Fsp3) is 0.364. The summed E-state index contributed by atoms with van der Waals surface area (Å²) < 4.78 is 0. The minimum Gasteiger partial charge on any atom is -0.0879 e. The second-order valence-corrected chi connectivity index (χ2v) is 2.67. The Morgan fingerprint density at radius 2 is 1.09 bits per heavy atom. The third-order valence-electron chi connectivity index (χ3n) is 1.66. The molecule has 0 aromatic heterocycles. The Morgan fingerprint density at radius 1 is 0.545 bits per heavy atom. The van der Waals surface area contributed by atoms with Crippen molar-refractivity contribution in [2.24, 2.45) is 0 Å². The van der Waals surface area contributed by atoms with E-state index in [1.165, 1.54) is 12.8 Å². The smallest absolute Gasteiger partial charge is 0.0167 e. The first kappa shape index (κ1) is 8.32. The van der Waals surface area contributed by atoms with Gasteiger partial charge in [-0.1, -0.05) is 36.5 Å². The highest BCUT2D eigenvalue weighted by molar-refractivity contribution is 5.05. The molecule has 0 spiro atoms. The first-order chi connectivity index (χ1) is 5.50. The topological polar surface area (TPSA) is 0 Å². The lowest BCUT2D eigenvalue weighted by molar-refractivity contribution is 0.997. The van der Waals surface area contributed by atoms with Crippen LogP contribution in [0.15, 0.2) is 36.5 Å². The Labute approximate surface area is 69.3 Å². The molecule has 0 unspecified atom stereocenters. The van der Waals surface area contributed by atoms with Gasteiger partial charge in [-0.3, -0.25) is 0 Å². The minimum atomic E-state index is 1.16. The van der Waals surface area contributed by atoms with Gasteiger partial charge in [-0.2, -0.15) is 0 Å². The normalized spacial score (nSPS) is 19.6. The average Bonchev–Trinajstić information content (AvgIpc) is 2.08. The van der Waals surface area contributed by atoms with Gasteiger partial charge in [-0.25, -0.2) is 0 Å². The second-order valence-electron chi connectivity index (χ2n) is 2.67. The summed E-state index contributed by atoms with van der Waals surface area (Å²) in [5.41, 5.74) is 0. The van der Waals surface area contributed by atoms with E-state index in [9.17, 15) is 0 Å². The maximum absolute atomic E-state index is 2.23. The molecule has 0 bridgehead atoms. The van der Waals surface area contributed by atoms with Crippen LogP contribution in [-0.2, 0) is 0 Å². The number of hydrogen-bond acceptors (Lipinski definition) is 0. The molecule has 1 rings (SSSR count). The van der Waals surface area contributed by atoms with Crippen LogP contribution < -0.4 is 0 Å². The molecule has 0 heterocycles. The molecule has 0 nitrogen and oxygen atoms in total. The maximum Gasteiger partial charge on any atom is -0.0167 e. The van der Waals surface area contributed by atoms with E-state index >= 15 is 0 Å². The summed E-state index contributed by atoms with van der Waals surface area (Å²) >= 11 is 0. The van der Waals surface area contributed by atoms with Crippen LogP contribution >= 0.6 is 0 Å². The highest BCUT2D eigenvalue weighted by Gasteiger charge is 1.82.